The molecule has 0 aromatic heterocycles. The number of carboxylic acid groups (broad SMARTS) is 1. The van der Waals surface area contributed by atoms with E-state index < -0.39 is 81.6 Å². The molecular weight excluding hydrogens is 718 g/mol. The lowest BCUT2D eigenvalue weighted by Gasteiger charge is -2.05. The summed E-state index contributed by atoms with van der Waals surface area (Å²) in [7, 11) is -9.54. The number of aromatic carboxylic acids is 1. The quantitative estimate of drug-likeness (QED) is 0.0298. The second-order valence-electron chi connectivity index (χ2n) is 8.95. The number of azo groups is 3. The zero-order chi connectivity index (χ0) is 38.7. The van der Waals surface area contributed by atoms with Crippen LogP contribution in [0.4, 0.5) is 39.8 Å². The highest BCUT2D eigenvalue weighted by molar-refractivity contribution is 7.86. The summed E-state index contributed by atoms with van der Waals surface area (Å²) in [6.45, 7) is 12.0. The van der Waals surface area contributed by atoms with Gasteiger partial charge in [0, 0.05) is 24.3 Å². The van der Waals surface area contributed by atoms with Gasteiger partial charge in [-0.05, 0) is 42.5 Å². The van der Waals surface area contributed by atoms with Crippen molar-refractivity contribution in [1.29, 1.82) is 0 Å². The molecule has 0 atom stereocenters. The standard InChI is InChI=1S/C25H17N7O13S2.2C2H4/c33-21-11-22(34)19(30-31-20-8-14(32(38)39)9-23(24(20)35)47(43,44)45)10-18(21)29-28-17-6-3-13(7-16(17)25(36)37)27-26-12-1-4-15(5-2-12)46(40,41)42;2*1-2/h1-11,33-35H,(H,36,37)(H,40,41,42)(H,43,44,45);2*1-2H2. The molecule has 20 nitrogen and oxygen atoms in total. The molecule has 22 heteroatoms. The number of aromatic hydroxyl groups is 3. The summed E-state index contributed by atoms with van der Waals surface area (Å²) in [6, 6.07) is 10.9. The van der Waals surface area contributed by atoms with E-state index >= 15 is 0 Å². The van der Waals surface area contributed by atoms with Crippen molar-refractivity contribution in [2.75, 3.05) is 0 Å². The van der Waals surface area contributed by atoms with E-state index in [1.807, 2.05) is 0 Å². The summed E-state index contributed by atoms with van der Waals surface area (Å²) in [5.74, 6) is -4.05. The minimum Gasteiger partial charge on any atom is -0.505 e. The van der Waals surface area contributed by atoms with Crippen molar-refractivity contribution in [2.45, 2.75) is 9.79 Å². The van der Waals surface area contributed by atoms with Crippen molar-refractivity contribution < 1.29 is 56.1 Å². The van der Waals surface area contributed by atoms with Crippen LogP contribution in [0.15, 0.2) is 134 Å². The predicted molar refractivity (Wildman–Crippen MR) is 179 cm³/mol. The lowest BCUT2D eigenvalue weighted by molar-refractivity contribution is -0.385. The molecule has 51 heavy (non-hydrogen) atoms. The van der Waals surface area contributed by atoms with E-state index in [4.69, 9.17) is 4.55 Å². The predicted octanol–water partition coefficient (Wildman–Crippen LogP) is 7.75. The van der Waals surface area contributed by atoms with Gasteiger partial charge in [-0.2, -0.15) is 27.1 Å². The highest BCUT2D eigenvalue weighted by atomic mass is 32.2. The first-order valence-electron chi connectivity index (χ1n) is 13.2. The van der Waals surface area contributed by atoms with Gasteiger partial charge in [-0.15, -0.1) is 46.8 Å². The molecule has 4 aromatic carbocycles. The van der Waals surface area contributed by atoms with E-state index in [-0.39, 0.29) is 22.0 Å². The first kappa shape index (κ1) is 40.4. The number of nitro benzene ring substituents is 1. The minimum atomic E-state index is -5.13. The number of carboxylic acids is 1. The van der Waals surface area contributed by atoms with Crippen LogP contribution < -0.4 is 0 Å². The Hall–Kier alpha value is -6.75. The number of nitrogens with zero attached hydrogens (tertiary/aromatic N) is 7. The molecule has 6 N–H and O–H groups in total. The maximum absolute atomic E-state index is 11.9. The Labute approximate surface area is 288 Å². The Balaban J connectivity index is 0.00000217. The van der Waals surface area contributed by atoms with Crippen LogP contribution >= 0.6 is 0 Å². The van der Waals surface area contributed by atoms with Crippen molar-refractivity contribution in [3.63, 3.8) is 0 Å². The Kier molecular flexibility index (Phi) is 13.5. The van der Waals surface area contributed by atoms with E-state index in [0.717, 1.165) is 30.3 Å². The number of non-ortho nitro benzene ring substituents is 1. The van der Waals surface area contributed by atoms with Gasteiger partial charge >= 0.3 is 5.97 Å². The molecule has 4 aromatic rings. The summed E-state index contributed by atoms with van der Waals surface area (Å²) in [5, 5.41) is 73.7. The third-order valence-corrected chi connectivity index (χ3v) is 7.49. The maximum atomic E-state index is 11.9. The largest absolute Gasteiger partial charge is 0.505 e. The van der Waals surface area contributed by atoms with Gasteiger partial charge in [0.05, 0.1) is 26.8 Å². The number of nitro groups is 1. The molecule has 0 amide bonds. The minimum absolute atomic E-state index is 0.0388. The molecule has 0 saturated carbocycles. The molecule has 0 heterocycles. The molecule has 0 aliphatic carbocycles. The molecule has 266 valence electrons. The van der Waals surface area contributed by atoms with E-state index in [0.29, 0.717) is 12.1 Å². The van der Waals surface area contributed by atoms with Crippen molar-refractivity contribution >= 4 is 66.0 Å². The highest BCUT2D eigenvalue weighted by Gasteiger charge is 2.24. The molecule has 0 bridgehead atoms. The summed E-state index contributed by atoms with van der Waals surface area (Å²) >= 11 is 0. The summed E-state index contributed by atoms with van der Waals surface area (Å²) in [6.07, 6.45) is 0. The van der Waals surface area contributed by atoms with Crippen LogP contribution in [0.3, 0.4) is 0 Å². The topological polar surface area (TPSA) is 324 Å². The number of phenolic OH excluding ortho intramolecular Hbond substituents is 3. The molecule has 0 aliphatic rings. The van der Waals surface area contributed by atoms with Crippen molar-refractivity contribution in [3.8, 4) is 17.2 Å². The van der Waals surface area contributed by atoms with Crippen LogP contribution in [0.5, 0.6) is 17.2 Å². The molecule has 0 radical (unpaired) electrons. The average molecular weight is 744 g/mol. The van der Waals surface area contributed by atoms with Gasteiger partial charge in [0.2, 0.25) is 0 Å². The van der Waals surface area contributed by atoms with Gasteiger partial charge in [-0.3, -0.25) is 19.2 Å². The SMILES string of the molecule is C=C.C=C.O=C(O)c1cc(N=Nc2ccc(S(=O)(=O)O)cc2)ccc1N=Nc1cc(N=Nc2cc([N+](=O)[O-])cc(S(=O)(=O)O)c2O)c(O)cc1O. The van der Waals surface area contributed by atoms with Gasteiger partial charge in [-0.25, -0.2) is 4.79 Å². The molecule has 0 saturated heterocycles. The Morgan fingerprint density at radius 2 is 1.12 bits per heavy atom. The zero-order valence-corrected chi connectivity index (χ0v) is 27.3. The molecule has 0 unspecified atom stereocenters. The van der Waals surface area contributed by atoms with E-state index in [9.17, 15) is 56.7 Å². The average Bonchev–Trinajstić information content (AvgIpc) is 3.08. The monoisotopic (exact) mass is 743 g/mol. The van der Waals surface area contributed by atoms with Crippen LogP contribution in [-0.4, -0.2) is 57.3 Å². The zero-order valence-electron chi connectivity index (χ0n) is 25.7. The van der Waals surface area contributed by atoms with Gasteiger partial charge in [0.25, 0.3) is 25.9 Å². The van der Waals surface area contributed by atoms with Crippen LogP contribution in [0, 0.1) is 10.1 Å². The van der Waals surface area contributed by atoms with Crippen LogP contribution in [0.1, 0.15) is 10.4 Å². The van der Waals surface area contributed by atoms with Gasteiger partial charge in [-0.1, -0.05) is 0 Å². The van der Waals surface area contributed by atoms with E-state index in [1.165, 1.54) is 24.3 Å². The van der Waals surface area contributed by atoms with Crippen molar-refractivity contribution in [1.82, 2.24) is 0 Å². The first-order valence-corrected chi connectivity index (χ1v) is 16.1. The second kappa shape index (κ2) is 17.1. The Morgan fingerprint density at radius 1 is 0.627 bits per heavy atom. The molecule has 4 rings (SSSR count). The van der Waals surface area contributed by atoms with Gasteiger partial charge < -0.3 is 20.4 Å². The van der Waals surface area contributed by atoms with Crippen LogP contribution in [0.25, 0.3) is 0 Å². The van der Waals surface area contributed by atoms with Crippen LogP contribution in [0.2, 0.25) is 0 Å². The second-order valence-corrected chi connectivity index (χ2v) is 11.8. The number of hydrogen-bond donors (Lipinski definition) is 6. The molecule has 0 spiro atoms. The number of rotatable bonds is 10. The summed E-state index contributed by atoms with van der Waals surface area (Å²) in [4.78, 5) is 20.4. The van der Waals surface area contributed by atoms with Crippen molar-refractivity contribution in [2.24, 2.45) is 30.7 Å². The van der Waals surface area contributed by atoms with Gasteiger partial charge in [0.1, 0.15) is 39.1 Å². The molecule has 0 aliphatic heterocycles. The number of benzene rings is 4. The third kappa shape index (κ3) is 10.6. The van der Waals surface area contributed by atoms with Crippen LogP contribution in [-0.2, 0) is 20.2 Å². The maximum Gasteiger partial charge on any atom is 0.338 e. The third-order valence-electron chi connectivity index (χ3n) is 5.76. The normalized spacial score (nSPS) is 11.5. The number of carbonyl (C=O) groups is 1. The lowest BCUT2D eigenvalue weighted by atomic mass is 10.1. The molecule has 0 fully saturated rings. The lowest BCUT2D eigenvalue weighted by Crippen LogP contribution is -2.00. The number of hydrogen-bond acceptors (Lipinski definition) is 16. The number of phenols is 3. The fraction of sp³-hybridized carbons (Fsp3) is 0. The fourth-order valence-corrected chi connectivity index (χ4v) is 4.63. The smallest absolute Gasteiger partial charge is 0.338 e. The summed E-state index contributed by atoms with van der Waals surface area (Å²) < 4.78 is 63.7. The molecular formula is C29H25N7O13S2. The van der Waals surface area contributed by atoms with E-state index in [1.54, 1.807) is 0 Å². The van der Waals surface area contributed by atoms with Crippen molar-refractivity contribution in [3.05, 3.63) is 109 Å². The summed E-state index contributed by atoms with van der Waals surface area (Å²) in [5.41, 5.74) is -2.98. The highest BCUT2D eigenvalue weighted by Crippen LogP contribution is 2.42. The van der Waals surface area contributed by atoms with E-state index in [2.05, 4.69) is 57.0 Å². The fourth-order valence-electron chi connectivity index (χ4n) is 3.53. The van der Waals surface area contributed by atoms with Gasteiger partial charge in [0.15, 0.2) is 5.75 Å². The Morgan fingerprint density at radius 3 is 1.61 bits per heavy atom. The first-order chi connectivity index (χ1) is 23.9. The Bertz CT molecular complexity index is 2270.